The SMILES string of the molecule is Cc1ccc(C(C)(C)c2ccc(OCc3ccnc(-c4nnc(C)o4)c3)cc2)cc1. The van der Waals surface area contributed by atoms with Gasteiger partial charge in [-0.2, -0.15) is 0 Å². The number of pyridine rings is 1. The molecule has 5 heteroatoms. The average Bonchev–Trinajstić information content (AvgIpc) is 3.19. The molecule has 0 amide bonds. The normalized spacial score (nSPS) is 11.5. The van der Waals surface area contributed by atoms with Gasteiger partial charge < -0.3 is 9.15 Å². The van der Waals surface area contributed by atoms with E-state index in [1.807, 2.05) is 24.3 Å². The van der Waals surface area contributed by atoms with Crippen molar-refractivity contribution < 1.29 is 9.15 Å². The molecule has 4 rings (SSSR count). The summed E-state index contributed by atoms with van der Waals surface area (Å²) in [5.74, 6) is 1.75. The molecule has 2 heterocycles. The van der Waals surface area contributed by atoms with Gasteiger partial charge in [0.2, 0.25) is 5.89 Å². The Morgan fingerprint density at radius 1 is 0.867 bits per heavy atom. The highest BCUT2D eigenvalue weighted by Gasteiger charge is 2.22. The number of benzene rings is 2. The summed E-state index contributed by atoms with van der Waals surface area (Å²) in [6.07, 6.45) is 1.72. The minimum atomic E-state index is -0.0750. The third kappa shape index (κ3) is 4.25. The van der Waals surface area contributed by atoms with E-state index in [9.17, 15) is 0 Å². The van der Waals surface area contributed by atoms with E-state index in [1.54, 1.807) is 13.1 Å². The van der Waals surface area contributed by atoms with E-state index in [0.29, 0.717) is 24.1 Å². The van der Waals surface area contributed by atoms with Crippen LogP contribution in [0, 0.1) is 13.8 Å². The lowest BCUT2D eigenvalue weighted by molar-refractivity contribution is 0.306. The largest absolute Gasteiger partial charge is 0.489 e. The molecule has 0 fully saturated rings. The van der Waals surface area contributed by atoms with E-state index in [1.165, 1.54) is 16.7 Å². The Labute approximate surface area is 176 Å². The van der Waals surface area contributed by atoms with Crippen LogP contribution in [-0.2, 0) is 12.0 Å². The molecule has 4 aromatic rings. The predicted octanol–water partition coefficient (Wildman–Crippen LogP) is 5.65. The Hall–Kier alpha value is -3.47. The maximum Gasteiger partial charge on any atom is 0.266 e. The van der Waals surface area contributed by atoms with Crippen molar-refractivity contribution in [3.05, 3.63) is 95.0 Å². The molecule has 2 aromatic carbocycles. The molecule has 2 aromatic heterocycles. The zero-order chi connectivity index (χ0) is 21.1. The first-order valence-corrected chi connectivity index (χ1v) is 9.98. The van der Waals surface area contributed by atoms with E-state index in [0.717, 1.165) is 11.3 Å². The summed E-state index contributed by atoms with van der Waals surface area (Å²) < 4.78 is 11.4. The quantitative estimate of drug-likeness (QED) is 0.419. The van der Waals surface area contributed by atoms with Gasteiger partial charge in [0.1, 0.15) is 18.1 Å². The Kier molecular flexibility index (Phi) is 5.36. The second kappa shape index (κ2) is 8.11. The van der Waals surface area contributed by atoms with E-state index < -0.39 is 0 Å². The predicted molar refractivity (Wildman–Crippen MR) is 116 cm³/mol. The van der Waals surface area contributed by atoms with Crippen molar-refractivity contribution in [2.24, 2.45) is 0 Å². The Balaban J connectivity index is 1.45. The van der Waals surface area contributed by atoms with Crippen molar-refractivity contribution in [2.75, 3.05) is 0 Å². The van der Waals surface area contributed by atoms with Crippen LogP contribution >= 0.6 is 0 Å². The first kappa shape index (κ1) is 19.8. The summed E-state index contributed by atoms with van der Waals surface area (Å²) in [5.41, 5.74) is 5.37. The minimum absolute atomic E-state index is 0.0750. The smallest absolute Gasteiger partial charge is 0.266 e. The number of nitrogens with zero attached hydrogens (tertiary/aromatic N) is 3. The lowest BCUT2D eigenvalue weighted by Crippen LogP contribution is -2.18. The van der Waals surface area contributed by atoms with Gasteiger partial charge in [0, 0.05) is 18.5 Å². The van der Waals surface area contributed by atoms with Crippen molar-refractivity contribution in [3.63, 3.8) is 0 Å². The molecular formula is C25H25N3O2. The molecule has 0 aliphatic rings. The summed E-state index contributed by atoms with van der Waals surface area (Å²) >= 11 is 0. The summed E-state index contributed by atoms with van der Waals surface area (Å²) in [7, 11) is 0. The Morgan fingerprint density at radius 2 is 1.53 bits per heavy atom. The second-order valence-electron chi connectivity index (χ2n) is 7.98. The van der Waals surface area contributed by atoms with Crippen molar-refractivity contribution in [1.29, 1.82) is 0 Å². The van der Waals surface area contributed by atoms with E-state index >= 15 is 0 Å². The van der Waals surface area contributed by atoms with Crippen LogP contribution in [0.25, 0.3) is 11.6 Å². The molecule has 0 aliphatic heterocycles. The molecule has 0 atom stereocenters. The van der Waals surface area contributed by atoms with Gasteiger partial charge in [-0.25, -0.2) is 0 Å². The highest BCUT2D eigenvalue weighted by Crippen LogP contribution is 2.32. The Morgan fingerprint density at radius 3 is 2.17 bits per heavy atom. The summed E-state index contributed by atoms with van der Waals surface area (Å²) in [4.78, 5) is 4.30. The minimum Gasteiger partial charge on any atom is -0.489 e. The lowest BCUT2D eigenvalue weighted by Gasteiger charge is -2.26. The summed E-state index contributed by atoms with van der Waals surface area (Å²) in [5, 5.41) is 7.87. The van der Waals surface area contributed by atoms with Crippen molar-refractivity contribution in [2.45, 2.75) is 39.7 Å². The number of aromatic nitrogens is 3. The number of hydrogen-bond acceptors (Lipinski definition) is 5. The topological polar surface area (TPSA) is 61.0 Å². The highest BCUT2D eigenvalue weighted by atomic mass is 16.5. The van der Waals surface area contributed by atoms with Gasteiger partial charge in [-0.3, -0.25) is 4.98 Å². The fourth-order valence-corrected chi connectivity index (χ4v) is 3.35. The van der Waals surface area contributed by atoms with Gasteiger partial charge in [0.05, 0.1) is 0 Å². The van der Waals surface area contributed by atoms with Crippen molar-refractivity contribution >= 4 is 0 Å². The zero-order valence-corrected chi connectivity index (χ0v) is 17.7. The van der Waals surface area contributed by atoms with Gasteiger partial charge in [0.15, 0.2) is 0 Å². The molecule has 5 nitrogen and oxygen atoms in total. The maximum atomic E-state index is 5.98. The third-order valence-corrected chi connectivity index (χ3v) is 5.32. The fraction of sp³-hybridized carbons (Fsp3) is 0.240. The average molecular weight is 399 g/mol. The molecule has 0 saturated carbocycles. The molecular weight excluding hydrogens is 374 g/mol. The molecule has 0 aliphatic carbocycles. The van der Waals surface area contributed by atoms with E-state index in [-0.39, 0.29) is 5.41 Å². The third-order valence-electron chi connectivity index (χ3n) is 5.32. The van der Waals surface area contributed by atoms with Crippen molar-refractivity contribution in [1.82, 2.24) is 15.2 Å². The summed E-state index contributed by atoms with van der Waals surface area (Å²) in [6, 6.07) is 20.9. The van der Waals surface area contributed by atoms with E-state index in [2.05, 4.69) is 72.4 Å². The molecule has 152 valence electrons. The van der Waals surface area contributed by atoms with Gasteiger partial charge in [-0.1, -0.05) is 55.8 Å². The Bertz CT molecular complexity index is 1130. The molecule has 0 spiro atoms. The van der Waals surface area contributed by atoms with Gasteiger partial charge in [0.25, 0.3) is 5.89 Å². The fourth-order valence-electron chi connectivity index (χ4n) is 3.35. The number of aryl methyl sites for hydroxylation is 2. The van der Waals surface area contributed by atoms with Crippen LogP contribution in [0.2, 0.25) is 0 Å². The highest BCUT2D eigenvalue weighted by molar-refractivity contribution is 5.47. The molecule has 30 heavy (non-hydrogen) atoms. The number of ether oxygens (including phenoxy) is 1. The van der Waals surface area contributed by atoms with Crippen LogP contribution in [-0.4, -0.2) is 15.2 Å². The summed E-state index contributed by atoms with van der Waals surface area (Å²) in [6.45, 7) is 8.78. The van der Waals surface area contributed by atoms with Gasteiger partial charge in [-0.15, -0.1) is 10.2 Å². The molecule has 0 radical (unpaired) electrons. The molecule has 0 bridgehead atoms. The van der Waals surface area contributed by atoms with Crippen LogP contribution in [0.5, 0.6) is 5.75 Å². The van der Waals surface area contributed by atoms with Gasteiger partial charge in [-0.05, 0) is 47.9 Å². The maximum absolute atomic E-state index is 5.98. The van der Waals surface area contributed by atoms with Gasteiger partial charge >= 0.3 is 0 Å². The monoisotopic (exact) mass is 399 g/mol. The van der Waals surface area contributed by atoms with Crippen molar-refractivity contribution in [3.8, 4) is 17.3 Å². The number of rotatable bonds is 6. The number of hydrogen-bond donors (Lipinski definition) is 0. The first-order valence-electron chi connectivity index (χ1n) is 9.98. The van der Waals surface area contributed by atoms with Crippen LogP contribution in [0.15, 0.2) is 71.3 Å². The molecule has 0 saturated heterocycles. The first-order chi connectivity index (χ1) is 14.4. The van der Waals surface area contributed by atoms with Crippen LogP contribution in [0.4, 0.5) is 0 Å². The second-order valence-corrected chi connectivity index (χ2v) is 7.98. The molecule has 0 N–H and O–H groups in total. The zero-order valence-electron chi connectivity index (χ0n) is 17.7. The molecule has 0 unspecified atom stereocenters. The van der Waals surface area contributed by atoms with Crippen LogP contribution in [0.1, 0.15) is 42.0 Å². The lowest BCUT2D eigenvalue weighted by atomic mass is 9.78. The van der Waals surface area contributed by atoms with E-state index in [4.69, 9.17) is 9.15 Å². The van der Waals surface area contributed by atoms with Crippen LogP contribution in [0.3, 0.4) is 0 Å². The standard InChI is InChI=1S/C25H25N3O2/c1-17-5-7-20(8-6-17)25(3,4)21-9-11-22(12-10-21)29-16-19-13-14-26-23(15-19)24-28-27-18(2)30-24/h5-15H,16H2,1-4H3. The van der Waals surface area contributed by atoms with Crippen LogP contribution < -0.4 is 4.74 Å².